The van der Waals surface area contributed by atoms with E-state index in [4.69, 9.17) is 22.1 Å². The summed E-state index contributed by atoms with van der Waals surface area (Å²) in [7, 11) is 1.68. The highest BCUT2D eigenvalue weighted by atomic mass is 32.1. The minimum Gasteiger partial charge on any atom is -0.495 e. The maximum Gasteiger partial charge on any atom is 0.204 e. The zero-order valence-electron chi connectivity index (χ0n) is 17.2. The average Bonchev–Trinajstić information content (AvgIpc) is 3.56. The van der Waals surface area contributed by atoms with Crippen LogP contribution in [0.1, 0.15) is 24.4 Å². The van der Waals surface area contributed by atoms with E-state index >= 15 is 0 Å². The molecule has 1 aromatic carbocycles. The number of benzene rings is 1. The van der Waals surface area contributed by atoms with Gasteiger partial charge >= 0.3 is 0 Å². The van der Waals surface area contributed by atoms with Crippen molar-refractivity contribution in [2.24, 2.45) is 0 Å². The average molecular weight is 450 g/mol. The zero-order valence-corrected chi connectivity index (χ0v) is 18.9. The first-order valence-corrected chi connectivity index (χ1v) is 11.6. The number of para-hydroxylation sites is 2. The normalized spacial score (nSPS) is 16.6. The lowest BCUT2D eigenvalue weighted by Crippen LogP contribution is -2.27. The fourth-order valence-corrected chi connectivity index (χ4v) is 5.20. The summed E-state index contributed by atoms with van der Waals surface area (Å²) < 4.78 is 10.2. The SMILES string of the molecule is COc1ccccc1-n1c(-c2cccs2)nn(CN2CCCC2c2cccnc2)c1=S. The molecule has 5 rings (SSSR count). The number of methoxy groups -OCH3 is 1. The fraction of sp³-hybridized carbons (Fsp3) is 0.261. The van der Waals surface area contributed by atoms with Gasteiger partial charge in [-0.15, -0.1) is 16.4 Å². The molecule has 0 aliphatic carbocycles. The number of rotatable bonds is 6. The molecule has 0 saturated carbocycles. The first-order valence-electron chi connectivity index (χ1n) is 10.3. The van der Waals surface area contributed by atoms with E-state index < -0.39 is 0 Å². The third-order valence-electron chi connectivity index (χ3n) is 5.66. The number of pyridine rings is 1. The summed E-state index contributed by atoms with van der Waals surface area (Å²) in [5.74, 6) is 1.60. The van der Waals surface area contributed by atoms with E-state index in [1.165, 1.54) is 5.56 Å². The Morgan fingerprint density at radius 3 is 2.84 bits per heavy atom. The second-order valence-electron chi connectivity index (χ2n) is 7.49. The molecular weight excluding hydrogens is 426 g/mol. The topological polar surface area (TPSA) is 48.1 Å². The molecule has 1 aliphatic rings. The molecule has 0 amide bonds. The van der Waals surface area contributed by atoms with Crippen LogP contribution < -0.4 is 4.74 Å². The van der Waals surface area contributed by atoms with Gasteiger partial charge in [0.25, 0.3) is 0 Å². The van der Waals surface area contributed by atoms with Gasteiger partial charge in [0, 0.05) is 25.0 Å². The smallest absolute Gasteiger partial charge is 0.204 e. The van der Waals surface area contributed by atoms with Crippen LogP contribution in [-0.2, 0) is 6.67 Å². The molecule has 1 aliphatic heterocycles. The van der Waals surface area contributed by atoms with Crippen molar-refractivity contribution in [3.8, 4) is 22.1 Å². The second-order valence-corrected chi connectivity index (χ2v) is 8.80. The van der Waals surface area contributed by atoms with Crippen molar-refractivity contribution in [1.29, 1.82) is 0 Å². The molecule has 4 heterocycles. The van der Waals surface area contributed by atoms with E-state index in [9.17, 15) is 0 Å². The van der Waals surface area contributed by atoms with E-state index in [0.29, 0.717) is 17.5 Å². The Bertz CT molecular complexity index is 1220. The number of ether oxygens (including phenoxy) is 1. The summed E-state index contributed by atoms with van der Waals surface area (Å²) >= 11 is 7.59. The summed E-state index contributed by atoms with van der Waals surface area (Å²) in [6, 6.07) is 16.5. The molecule has 6 nitrogen and oxygen atoms in total. The monoisotopic (exact) mass is 449 g/mol. The predicted octanol–water partition coefficient (Wildman–Crippen LogP) is 5.33. The highest BCUT2D eigenvalue weighted by Crippen LogP contribution is 2.34. The Hall–Kier alpha value is -2.81. The molecule has 1 atom stereocenters. The molecule has 1 unspecified atom stereocenters. The molecule has 3 aromatic heterocycles. The lowest BCUT2D eigenvalue weighted by molar-refractivity contribution is 0.190. The Balaban J connectivity index is 1.57. The van der Waals surface area contributed by atoms with Gasteiger partial charge in [0.1, 0.15) is 5.75 Å². The van der Waals surface area contributed by atoms with E-state index in [1.54, 1.807) is 18.4 Å². The van der Waals surface area contributed by atoms with Crippen LogP contribution in [-0.4, -0.2) is 37.9 Å². The Kier molecular flexibility index (Phi) is 5.67. The summed E-state index contributed by atoms with van der Waals surface area (Å²) in [4.78, 5) is 7.82. The number of nitrogens with zero attached hydrogens (tertiary/aromatic N) is 5. The summed E-state index contributed by atoms with van der Waals surface area (Å²) in [5.41, 5.74) is 2.14. The fourth-order valence-electron chi connectivity index (χ4n) is 4.21. The van der Waals surface area contributed by atoms with Crippen molar-refractivity contribution >= 4 is 23.6 Å². The lowest BCUT2D eigenvalue weighted by Gasteiger charge is -2.24. The van der Waals surface area contributed by atoms with E-state index in [0.717, 1.165) is 41.5 Å². The van der Waals surface area contributed by atoms with Crippen LogP contribution >= 0.6 is 23.6 Å². The van der Waals surface area contributed by atoms with Crippen LogP contribution in [0.4, 0.5) is 0 Å². The summed E-state index contributed by atoms with van der Waals surface area (Å²) in [6.07, 6.45) is 6.05. The molecule has 0 radical (unpaired) electrons. The molecule has 158 valence electrons. The van der Waals surface area contributed by atoms with Gasteiger partial charge in [-0.2, -0.15) is 0 Å². The Labute approximate surface area is 190 Å². The second kappa shape index (κ2) is 8.74. The standard InChI is InChI=1S/C23H23N5OS2/c1-29-20-10-3-2-8-19(20)28-22(21-11-6-14-31-21)25-27(23(28)30)16-26-13-5-9-18(26)17-7-4-12-24-15-17/h2-4,6-8,10-12,14-15,18H,5,9,13,16H2,1H3. The van der Waals surface area contributed by atoms with Gasteiger partial charge in [0.15, 0.2) is 5.82 Å². The number of likely N-dealkylation sites (tertiary alicyclic amines) is 1. The van der Waals surface area contributed by atoms with Gasteiger partial charge in [-0.25, -0.2) is 4.68 Å². The van der Waals surface area contributed by atoms with Crippen LogP contribution in [0, 0.1) is 4.77 Å². The van der Waals surface area contributed by atoms with Crippen LogP contribution in [0.5, 0.6) is 5.75 Å². The van der Waals surface area contributed by atoms with Crippen molar-refractivity contribution in [3.05, 3.63) is 76.6 Å². The van der Waals surface area contributed by atoms with E-state index in [2.05, 4.69) is 27.4 Å². The maximum atomic E-state index is 5.94. The third-order valence-corrected chi connectivity index (χ3v) is 6.91. The van der Waals surface area contributed by atoms with Gasteiger partial charge in [0.2, 0.25) is 4.77 Å². The van der Waals surface area contributed by atoms with Crippen molar-refractivity contribution in [3.63, 3.8) is 0 Å². The van der Waals surface area contributed by atoms with Crippen molar-refractivity contribution < 1.29 is 4.74 Å². The third kappa shape index (κ3) is 3.82. The number of hydrogen-bond donors (Lipinski definition) is 0. The van der Waals surface area contributed by atoms with Crippen LogP contribution in [0.15, 0.2) is 66.3 Å². The number of hydrogen-bond acceptors (Lipinski definition) is 6. The Morgan fingerprint density at radius 1 is 1.16 bits per heavy atom. The van der Waals surface area contributed by atoms with Crippen LogP contribution in [0.3, 0.4) is 0 Å². The minimum absolute atomic E-state index is 0.331. The molecule has 1 fully saturated rings. The largest absolute Gasteiger partial charge is 0.495 e. The Morgan fingerprint density at radius 2 is 2.06 bits per heavy atom. The lowest BCUT2D eigenvalue weighted by atomic mass is 10.1. The van der Waals surface area contributed by atoms with Crippen molar-refractivity contribution in [1.82, 2.24) is 24.2 Å². The first kappa shape index (κ1) is 20.1. The molecule has 4 aromatic rings. The van der Waals surface area contributed by atoms with Gasteiger partial charge in [-0.3, -0.25) is 14.5 Å². The molecular formula is C23H23N5OS2. The summed E-state index contributed by atoms with van der Waals surface area (Å²) in [5, 5.41) is 7.03. The molecule has 8 heteroatoms. The first-order chi connectivity index (χ1) is 15.3. The predicted molar refractivity (Wildman–Crippen MR) is 125 cm³/mol. The van der Waals surface area contributed by atoms with Crippen LogP contribution in [0.2, 0.25) is 0 Å². The molecule has 1 saturated heterocycles. The van der Waals surface area contributed by atoms with Gasteiger partial charge in [0.05, 0.1) is 24.3 Å². The zero-order chi connectivity index (χ0) is 21.2. The number of thiophene rings is 1. The van der Waals surface area contributed by atoms with E-state index in [1.807, 2.05) is 58.0 Å². The van der Waals surface area contributed by atoms with Crippen molar-refractivity contribution in [2.45, 2.75) is 25.6 Å². The number of aromatic nitrogens is 4. The van der Waals surface area contributed by atoms with Crippen LogP contribution in [0.25, 0.3) is 16.4 Å². The highest BCUT2D eigenvalue weighted by molar-refractivity contribution is 7.71. The maximum absolute atomic E-state index is 5.94. The molecule has 0 spiro atoms. The van der Waals surface area contributed by atoms with E-state index in [-0.39, 0.29) is 0 Å². The minimum atomic E-state index is 0.331. The van der Waals surface area contributed by atoms with Gasteiger partial charge < -0.3 is 4.74 Å². The van der Waals surface area contributed by atoms with Crippen molar-refractivity contribution in [2.75, 3.05) is 13.7 Å². The van der Waals surface area contributed by atoms with Gasteiger partial charge in [-0.1, -0.05) is 24.3 Å². The quantitative estimate of drug-likeness (QED) is 0.372. The molecule has 31 heavy (non-hydrogen) atoms. The highest BCUT2D eigenvalue weighted by Gasteiger charge is 2.28. The van der Waals surface area contributed by atoms with Gasteiger partial charge in [-0.05, 0) is 60.3 Å². The molecule has 0 bridgehead atoms. The summed E-state index contributed by atoms with van der Waals surface area (Å²) in [6.45, 7) is 1.65. The molecule has 0 N–H and O–H groups in total.